The van der Waals surface area contributed by atoms with Gasteiger partial charge in [-0.25, -0.2) is 8.78 Å². The third kappa shape index (κ3) is 3.63. The van der Waals surface area contributed by atoms with Crippen molar-refractivity contribution >= 4 is 5.91 Å². The van der Waals surface area contributed by atoms with Crippen molar-refractivity contribution in [3.05, 3.63) is 53.3 Å². The Morgan fingerprint density at radius 3 is 2.82 bits per heavy atom. The van der Waals surface area contributed by atoms with Crippen LogP contribution >= 0.6 is 0 Å². The van der Waals surface area contributed by atoms with Crippen molar-refractivity contribution in [2.45, 2.75) is 25.8 Å². The monoisotopic (exact) mass is 390 g/mol. The first-order valence-corrected chi connectivity index (χ1v) is 9.58. The largest absolute Gasteiger partial charge is 0.468 e. The van der Waals surface area contributed by atoms with E-state index < -0.39 is 11.6 Å². The van der Waals surface area contributed by atoms with Gasteiger partial charge in [0.2, 0.25) is 0 Å². The third-order valence-corrected chi connectivity index (χ3v) is 5.88. The fourth-order valence-corrected chi connectivity index (χ4v) is 4.50. The molecule has 1 aromatic heterocycles. The van der Waals surface area contributed by atoms with Crippen LogP contribution in [-0.2, 0) is 6.54 Å². The Morgan fingerprint density at radius 1 is 1.18 bits per heavy atom. The highest BCUT2D eigenvalue weighted by molar-refractivity contribution is 5.91. The number of ether oxygens (including phenoxy) is 1. The normalized spacial score (nSPS) is 22.8. The molecule has 0 bridgehead atoms. The summed E-state index contributed by atoms with van der Waals surface area (Å²) in [4.78, 5) is 16.7. The number of carbonyl (C=O) groups is 1. The van der Waals surface area contributed by atoms with E-state index in [2.05, 4.69) is 4.90 Å². The number of nitrogens with zero attached hydrogens (tertiary/aromatic N) is 2. The molecule has 2 aromatic rings. The molecule has 1 amide bonds. The Bertz CT molecular complexity index is 869. The first-order chi connectivity index (χ1) is 13.5. The molecule has 4 rings (SSSR count). The van der Waals surface area contributed by atoms with Crippen LogP contribution in [0.5, 0.6) is 5.95 Å². The number of hydrogen-bond acceptors (Lipinski definition) is 4. The molecule has 0 radical (unpaired) electrons. The molecule has 0 aliphatic carbocycles. The maximum atomic E-state index is 14.0. The summed E-state index contributed by atoms with van der Waals surface area (Å²) in [7, 11) is 1.50. The van der Waals surface area contributed by atoms with Crippen molar-refractivity contribution in [3.8, 4) is 5.95 Å². The zero-order valence-electron chi connectivity index (χ0n) is 15.9. The molecular formula is C21H24F2N2O3. The minimum absolute atomic E-state index is 0.00557. The second-order valence-electron chi connectivity index (χ2n) is 7.83. The van der Waals surface area contributed by atoms with Crippen LogP contribution < -0.4 is 4.74 Å². The van der Waals surface area contributed by atoms with Crippen LogP contribution in [0.4, 0.5) is 8.78 Å². The lowest BCUT2D eigenvalue weighted by Crippen LogP contribution is -2.45. The average molecular weight is 390 g/mol. The smallest absolute Gasteiger partial charge is 0.289 e. The Balaban J connectivity index is 1.42. The van der Waals surface area contributed by atoms with Gasteiger partial charge >= 0.3 is 0 Å². The van der Waals surface area contributed by atoms with Gasteiger partial charge < -0.3 is 14.1 Å². The van der Waals surface area contributed by atoms with Gasteiger partial charge in [-0.2, -0.15) is 0 Å². The molecule has 5 nitrogen and oxygen atoms in total. The Kier molecular flexibility index (Phi) is 5.10. The molecule has 1 aromatic carbocycles. The van der Waals surface area contributed by atoms with Crippen LogP contribution in [0.1, 0.15) is 35.4 Å². The van der Waals surface area contributed by atoms with E-state index in [9.17, 15) is 13.6 Å². The van der Waals surface area contributed by atoms with E-state index in [0.717, 1.165) is 38.4 Å². The number of piperidine rings is 1. The predicted molar refractivity (Wildman–Crippen MR) is 99.1 cm³/mol. The van der Waals surface area contributed by atoms with Gasteiger partial charge in [-0.3, -0.25) is 9.69 Å². The molecule has 1 atom stereocenters. The van der Waals surface area contributed by atoms with E-state index in [1.165, 1.54) is 7.11 Å². The first-order valence-electron chi connectivity index (χ1n) is 9.58. The van der Waals surface area contributed by atoms with Crippen molar-refractivity contribution in [1.29, 1.82) is 0 Å². The van der Waals surface area contributed by atoms with E-state index in [0.29, 0.717) is 31.1 Å². The summed E-state index contributed by atoms with van der Waals surface area (Å²) in [5, 5.41) is 0. The van der Waals surface area contributed by atoms with Crippen molar-refractivity contribution in [1.82, 2.24) is 9.80 Å². The van der Waals surface area contributed by atoms with Crippen molar-refractivity contribution < 1.29 is 22.7 Å². The summed E-state index contributed by atoms with van der Waals surface area (Å²) < 4.78 is 37.9. The van der Waals surface area contributed by atoms with Gasteiger partial charge in [0, 0.05) is 43.2 Å². The molecule has 0 saturated carbocycles. The molecule has 150 valence electrons. The lowest BCUT2D eigenvalue weighted by atomic mass is 9.79. The number of likely N-dealkylation sites (tertiary alicyclic amines) is 2. The summed E-state index contributed by atoms with van der Waals surface area (Å²) in [6, 6.07) is 7.58. The lowest BCUT2D eigenvalue weighted by molar-refractivity contribution is 0.0644. The summed E-state index contributed by atoms with van der Waals surface area (Å²) in [6.45, 7) is 3.32. The molecule has 2 aliphatic rings. The van der Waals surface area contributed by atoms with Gasteiger partial charge in [0.05, 0.1) is 7.11 Å². The maximum absolute atomic E-state index is 14.0. The van der Waals surface area contributed by atoms with Gasteiger partial charge in [-0.05, 0) is 37.9 Å². The molecule has 0 N–H and O–H groups in total. The van der Waals surface area contributed by atoms with Crippen molar-refractivity contribution in [3.63, 3.8) is 0 Å². The maximum Gasteiger partial charge on any atom is 0.289 e. The highest BCUT2D eigenvalue weighted by Crippen LogP contribution is 2.40. The number of halogens is 2. The highest BCUT2D eigenvalue weighted by atomic mass is 19.2. The Labute approximate surface area is 162 Å². The third-order valence-electron chi connectivity index (χ3n) is 5.88. The van der Waals surface area contributed by atoms with Crippen LogP contribution in [0.3, 0.4) is 0 Å². The molecule has 7 heteroatoms. The number of methoxy groups -OCH3 is 1. The molecule has 2 aliphatic heterocycles. The van der Waals surface area contributed by atoms with Crippen molar-refractivity contribution in [2.24, 2.45) is 5.41 Å². The number of amides is 1. The van der Waals surface area contributed by atoms with E-state index in [1.54, 1.807) is 24.3 Å². The molecule has 28 heavy (non-hydrogen) atoms. The van der Waals surface area contributed by atoms with Gasteiger partial charge in [0.1, 0.15) is 0 Å². The zero-order valence-corrected chi connectivity index (χ0v) is 15.9. The van der Waals surface area contributed by atoms with Crippen molar-refractivity contribution in [2.75, 3.05) is 33.3 Å². The topological polar surface area (TPSA) is 45.9 Å². The molecule has 1 spiro atoms. The van der Waals surface area contributed by atoms with E-state index in [1.807, 2.05) is 4.90 Å². The number of hydrogen-bond donors (Lipinski definition) is 0. The summed E-state index contributed by atoms with van der Waals surface area (Å²) in [5.74, 6) is -1.11. The van der Waals surface area contributed by atoms with Crippen LogP contribution in [0.25, 0.3) is 0 Å². The number of rotatable bonds is 4. The van der Waals surface area contributed by atoms with Gasteiger partial charge in [0.15, 0.2) is 17.4 Å². The van der Waals surface area contributed by atoms with Crippen LogP contribution in [0, 0.1) is 17.0 Å². The minimum Gasteiger partial charge on any atom is -0.468 e. The number of furan rings is 1. The number of carbonyl (C=O) groups excluding carboxylic acids is 1. The fraction of sp³-hybridized carbons (Fsp3) is 0.476. The predicted octanol–water partition coefficient (Wildman–Crippen LogP) is 3.69. The summed E-state index contributed by atoms with van der Waals surface area (Å²) in [5.41, 5.74) is 0.375. The van der Waals surface area contributed by atoms with E-state index >= 15 is 0 Å². The zero-order chi connectivity index (χ0) is 19.7. The Morgan fingerprint density at radius 2 is 2.04 bits per heavy atom. The summed E-state index contributed by atoms with van der Waals surface area (Å²) in [6.07, 6.45) is 2.91. The molecular weight excluding hydrogens is 366 g/mol. The van der Waals surface area contributed by atoms with E-state index in [-0.39, 0.29) is 17.1 Å². The second kappa shape index (κ2) is 7.54. The first kappa shape index (κ1) is 18.9. The van der Waals surface area contributed by atoms with Crippen LogP contribution in [0.15, 0.2) is 34.7 Å². The molecule has 3 heterocycles. The van der Waals surface area contributed by atoms with Crippen LogP contribution in [0.2, 0.25) is 0 Å². The standard InChI is InChI=1S/C21H24F2N2O3/c1-27-18-7-6-17(28-18)20(26)25-11-9-21(14-25)8-3-10-24(13-21)12-15-4-2-5-16(22)19(15)23/h2,4-7H,3,8-14H2,1H3/t21-/m1/s1. The fourth-order valence-electron chi connectivity index (χ4n) is 4.50. The molecule has 2 saturated heterocycles. The average Bonchev–Trinajstić information content (AvgIpc) is 3.33. The van der Waals surface area contributed by atoms with Crippen LogP contribution in [-0.4, -0.2) is 49.0 Å². The number of benzene rings is 1. The lowest BCUT2D eigenvalue weighted by Gasteiger charge is -2.40. The highest BCUT2D eigenvalue weighted by Gasteiger charge is 2.43. The van der Waals surface area contributed by atoms with Gasteiger partial charge in [-0.15, -0.1) is 0 Å². The van der Waals surface area contributed by atoms with Gasteiger partial charge in [-0.1, -0.05) is 12.1 Å². The van der Waals surface area contributed by atoms with Gasteiger partial charge in [0.25, 0.3) is 11.9 Å². The molecule has 0 unspecified atom stereocenters. The quantitative estimate of drug-likeness (QED) is 0.799. The minimum atomic E-state index is -0.810. The summed E-state index contributed by atoms with van der Waals surface area (Å²) >= 11 is 0. The van der Waals surface area contributed by atoms with E-state index in [4.69, 9.17) is 9.15 Å². The molecule has 2 fully saturated rings. The second-order valence-corrected chi connectivity index (χ2v) is 7.83. The Hall–Kier alpha value is -2.41. The SMILES string of the molecule is COc1ccc(C(=O)N2CC[C@@]3(CCCN(Cc4cccc(F)c4F)C3)C2)o1.